The highest BCUT2D eigenvalue weighted by Gasteiger charge is 2.44. The second kappa shape index (κ2) is 6.98. The van der Waals surface area contributed by atoms with Gasteiger partial charge in [-0.15, -0.1) is 0 Å². The molecule has 1 amide bonds. The number of carbonyl (C=O) groups excluding carboxylic acids is 1. The molecule has 0 bridgehead atoms. The van der Waals surface area contributed by atoms with Crippen LogP contribution < -0.4 is 10.6 Å². The van der Waals surface area contributed by atoms with Crippen LogP contribution in [0, 0.1) is 0 Å². The van der Waals surface area contributed by atoms with Crippen molar-refractivity contribution < 1.29 is 30.0 Å². The minimum Gasteiger partial charge on any atom is -0.394 e. The molecule has 1 aliphatic rings. The van der Waals surface area contributed by atoms with Gasteiger partial charge < -0.3 is 35.8 Å². The quantitative estimate of drug-likeness (QED) is 0.304. The molecule has 0 spiro atoms. The lowest BCUT2D eigenvalue weighted by Crippen LogP contribution is -2.64. The molecule has 1 heterocycles. The first-order valence-electron chi connectivity index (χ1n) is 5.81. The molecule has 8 nitrogen and oxygen atoms in total. The zero-order chi connectivity index (χ0) is 13.7. The van der Waals surface area contributed by atoms with Crippen molar-refractivity contribution >= 4 is 5.91 Å². The summed E-state index contributed by atoms with van der Waals surface area (Å²) < 4.78 is 4.90. The van der Waals surface area contributed by atoms with E-state index < -0.39 is 43.2 Å². The van der Waals surface area contributed by atoms with Crippen LogP contribution in [-0.2, 0) is 9.53 Å². The van der Waals surface area contributed by atoms with Crippen LogP contribution in [0.2, 0.25) is 0 Å². The Morgan fingerprint density at radius 3 is 2.50 bits per heavy atom. The molecule has 0 aromatic heterocycles. The van der Waals surface area contributed by atoms with E-state index in [2.05, 4.69) is 10.6 Å². The molecule has 6 N–H and O–H groups in total. The first-order valence-corrected chi connectivity index (χ1v) is 5.81. The molecule has 0 aliphatic carbocycles. The Hall–Kier alpha value is -0.770. The Balaban J connectivity index is 2.57. The van der Waals surface area contributed by atoms with E-state index in [1.807, 2.05) is 6.92 Å². The van der Waals surface area contributed by atoms with E-state index in [0.29, 0.717) is 6.54 Å². The van der Waals surface area contributed by atoms with E-state index in [9.17, 15) is 20.1 Å². The summed E-state index contributed by atoms with van der Waals surface area (Å²) >= 11 is 0. The van der Waals surface area contributed by atoms with Gasteiger partial charge in [0.15, 0.2) is 6.29 Å². The molecule has 0 aromatic carbocycles. The van der Waals surface area contributed by atoms with E-state index in [1.54, 1.807) is 0 Å². The van der Waals surface area contributed by atoms with E-state index >= 15 is 0 Å². The van der Waals surface area contributed by atoms with Crippen molar-refractivity contribution in [3.63, 3.8) is 0 Å². The normalized spacial score (nSPS) is 36.4. The van der Waals surface area contributed by atoms with Gasteiger partial charge in [-0.3, -0.25) is 4.79 Å². The third kappa shape index (κ3) is 3.61. The molecule has 8 heteroatoms. The van der Waals surface area contributed by atoms with Crippen LogP contribution in [0.1, 0.15) is 6.92 Å². The van der Waals surface area contributed by atoms with Crippen LogP contribution in [0.4, 0.5) is 0 Å². The van der Waals surface area contributed by atoms with Crippen LogP contribution in [0.5, 0.6) is 0 Å². The standard InChI is InChI=1S/C10H20N2O6/c1-2-11-3-6(14)12-7-9(16)8(15)5(4-13)18-10(7)17/h5,7-11,13,15-17H,2-4H2,1H3,(H,12,14)/t5?,7?,8-,9-,10-/m1/s1. The Morgan fingerprint density at radius 2 is 1.94 bits per heavy atom. The van der Waals surface area contributed by atoms with Crippen molar-refractivity contribution in [3.05, 3.63) is 0 Å². The number of rotatable bonds is 5. The Bertz CT molecular complexity index is 277. The largest absolute Gasteiger partial charge is 0.394 e. The lowest BCUT2D eigenvalue weighted by Gasteiger charge is -2.40. The zero-order valence-corrected chi connectivity index (χ0v) is 10.1. The highest BCUT2D eigenvalue weighted by molar-refractivity contribution is 5.78. The first kappa shape index (κ1) is 15.3. The third-order valence-corrected chi connectivity index (χ3v) is 2.76. The molecular weight excluding hydrogens is 244 g/mol. The van der Waals surface area contributed by atoms with Gasteiger partial charge in [0, 0.05) is 0 Å². The van der Waals surface area contributed by atoms with Crippen LogP contribution in [0.15, 0.2) is 0 Å². The number of likely N-dealkylation sites (N-methyl/N-ethyl adjacent to an activating group) is 1. The van der Waals surface area contributed by atoms with Crippen molar-refractivity contribution in [2.45, 2.75) is 37.6 Å². The SMILES string of the molecule is CCNCC(=O)NC1[C@H](O)OC(CO)[C@@H](O)[C@@H]1O. The van der Waals surface area contributed by atoms with E-state index in [0.717, 1.165) is 0 Å². The van der Waals surface area contributed by atoms with Gasteiger partial charge in [-0.05, 0) is 6.54 Å². The molecular formula is C10H20N2O6. The average Bonchev–Trinajstić information content (AvgIpc) is 2.36. The lowest BCUT2D eigenvalue weighted by atomic mass is 9.97. The van der Waals surface area contributed by atoms with Gasteiger partial charge in [0.05, 0.1) is 13.2 Å². The maximum absolute atomic E-state index is 11.4. The van der Waals surface area contributed by atoms with Crippen LogP contribution in [0.3, 0.4) is 0 Å². The molecule has 1 saturated heterocycles. The summed E-state index contributed by atoms with van der Waals surface area (Å²) in [7, 11) is 0. The first-order chi connectivity index (χ1) is 8.51. The lowest BCUT2D eigenvalue weighted by molar-refractivity contribution is -0.253. The van der Waals surface area contributed by atoms with Crippen LogP contribution in [-0.4, -0.2) is 76.7 Å². The minimum atomic E-state index is -1.48. The molecule has 106 valence electrons. The van der Waals surface area contributed by atoms with E-state index in [4.69, 9.17) is 9.84 Å². The van der Waals surface area contributed by atoms with Crippen molar-refractivity contribution in [3.8, 4) is 0 Å². The molecule has 0 saturated carbocycles. The minimum absolute atomic E-state index is 0.0337. The Labute approximate surface area is 105 Å². The summed E-state index contributed by atoms with van der Waals surface area (Å²) in [6, 6.07) is -1.13. The Morgan fingerprint density at radius 1 is 1.28 bits per heavy atom. The van der Waals surface area contributed by atoms with Crippen molar-refractivity contribution in [1.82, 2.24) is 10.6 Å². The number of ether oxygens (including phenoxy) is 1. The number of hydrogen-bond acceptors (Lipinski definition) is 7. The fourth-order valence-corrected chi connectivity index (χ4v) is 1.73. The second-order valence-corrected chi connectivity index (χ2v) is 4.10. The van der Waals surface area contributed by atoms with Gasteiger partial charge >= 0.3 is 0 Å². The van der Waals surface area contributed by atoms with Crippen molar-refractivity contribution in [2.24, 2.45) is 0 Å². The van der Waals surface area contributed by atoms with Gasteiger partial charge in [0.2, 0.25) is 5.91 Å². The second-order valence-electron chi connectivity index (χ2n) is 4.10. The number of nitrogens with one attached hydrogen (secondary N) is 2. The van der Waals surface area contributed by atoms with E-state index in [-0.39, 0.29) is 6.54 Å². The highest BCUT2D eigenvalue weighted by Crippen LogP contribution is 2.19. The fourth-order valence-electron chi connectivity index (χ4n) is 1.73. The third-order valence-electron chi connectivity index (χ3n) is 2.76. The summed E-state index contributed by atoms with van der Waals surface area (Å²) in [5, 5.41) is 43.0. The summed E-state index contributed by atoms with van der Waals surface area (Å²) in [5.74, 6) is -0.432. The summed E-state index contributed by atoms with van der Waals surface area (Å²) in [6.07, 6.45) is -5.33. The maximum atomic E-state index is 11.4. The molecule has 18 heavy (non-hydrogen) atoms. The summed E-state index contributed by atoms with van der Waals surface area (Å²) in [6.45, 7) is 1.94. The highest BCUT2D eigenvalue weighted by atomic mass is 16.6. The molecule has 1 rings (SSSR count). The number of amides is 1. The van der Waals surface area contributed by atoms with Gasteiger partial charge in [-0.2, -0.15) is 0 Å². The molecule has 1 fully saturated rings. The van der Waals surface area contributed by atoms with Gasteiger partial charge in [-0.25, -0.2) is 0 Å². The zero-order valence-electron chi connectivity index (χ0n) is 10.1. The summed E-state index contributed by atoms with van der Waals surface area (Å²) in [5.41, 5.74) is 0. The maximum Gasteiger partial charge on any atom is 0.234 e. The predicted molar refractivity (Wildman–Crippen MR) is 60.5 cm³/mol. The number of aliphatic hydroxyl groups excluding tert-OH is 4. The predicted octanol–water partition coefficient (Wildman–Crippen LogP) is -3.49. The van der Waals surface area contributed by atoms with Gasteiger partial charge in [0.1, 0.15) is 24.4 Å². The molecule has 5 atom stereocenters. The number of hydrogen-bond donors (Lipinski definition) is 6. The van der Waals surface area contributed by atoms with E-state index in [1.165, 1.54) is 0 Å². The number of aliphatic hydroxyl groups is 4. The van der Waals surface area contributed by atoms with Crippen LogP contribution in [0.25, 0.3) is 0 Å². The Kier molecular flexibility index (Phi) is 5.93. The van der Waals surface area contributed by atoms with Crippen molar-refractivity contribution in [2.75, 3.05) is 19.7 Å². The van der Waals surface area contributed by atoms with Gasteiger partial charge in [-0.1, -0.05) is 6.92 Å². The summed E-state index contributed by atoms with van der Waals surface area (Å²) in [4.78, 5) is 11.4. The average molecular weight is 264 g/mol. The molecule has 0 radical (unpaired) electrons. The smallest absolute Gasteiger partial charge is 0.234 e. The van der Waals surface area contributed by atoms with Gasteiger partial charge in [0.25, 0.3) is 0 Å². The molecule has 2 unspecified atom stereocenters. The molecule has 0 aromatic rings. The molecule has 1 aliphatic heterocycles. The van der Waals surface area contributed by atoms with Crippen LogP contribution >= 0.6 is 0 Å². The topological polar surface area (TPSA) is 131 Å². The monoisotopic (exact) mass is 264 g/mol. The van der Waals surface area contributed by atoms with Crippen molar-refractivity contribution in [1.29, 1.82) is 0 Å². The number of carbonyl (C=O) groups is 1. The fraction of sp³-hybridized carbons (Fsp3) is 0.900.